The van der Waals surface area contributed by atoms with Crippen LogP contribution in [-0.4, -0.2) is 253 Å². The van der Waals surface area contributed by atoms with Gasteiger partial charge in [-0.3, -0.25) is 23.4 Å². The number of aromatic hydroxyl groups is 2. The van der Waals surface area contributed by atoms with Crippen LogP contribution in [0.15, 0.2) is 64.0 Å². The molecule has 119 heavy (non-hydrogen) atoms. The molecule has 0 radical (unpaired) electrons. The minimum absolute atomic E-state index is 0. The molecule has 34 heteroatoms. The summed E-state index contributed by atoms with van der Waals surface area (Å²) >= 11 is 12.6. The van der Waals surface area contributed by atoms with Gasteiger partial charge in [0.15, 0.2) is 53.6 Å². The van der Waals surface area contributed by atoms with E-state index in [1.165, 1.54) is 32.9 Å². The Morgan fingerprint density at radius 2 is 0.765 bits per heavy atom. The molecule has 0 saturated heterocycles. The summed E-state index contributed by atoms with van der Waals surface area (Å²) in [5.41, 5.74) is 10.8. The van der Waals surface area contributed by atoms with Gasteiger partial charge in [0.05, 0.1) is 33.8 Å². The number of aryl methyl sites for hydroxylation is 3. The molecule has 0 saturated carbocycles. The molecule has 8 rings (SSSR count). The molecular formula is C85H140Cl2N16O12S4. The number of alkyl halides is 1. The molecule has 670 valence electrons. The van der Waals surface area contributed by atoms with Crippen molar-refractivity contribution in [2.24, 2.45) is 0 Å². The Hall–Kier alpha value is -6.79. The minimum Gasteiger partial charge on any atom is -0.508 e. The van der Waals surface area contributed by atoms with Gasteiger partial charge in [0, 0.05) is 63.2 Å². The Morgan fingerprint density at radius 1 is 0.437 bits per heavy atom. The number of rotatable bonds is 39. The van der Waals surface area contributed by atoms with Crippen molar-refractivity contribution in [3.63, 3.8) is 0 Å². The van der Waals surface area contributed by atoms with Crippen LogP contribution >= 0.6 is 48.0 Å². The van der Waals surface area contributed by atoms with Gasteiger partial charge in [-0.25, -0.2) is 16.8 Å². The molecule has 0 atom stereocenters. The second kappa shape index (κ2) is 50.7. The van der Waals surface area contributed by atoms with Crippen LogP contribution in [0.1, 0.15) is 223 Å². The zero-order chi connectivity index (χ0) is 89.0. The van der Waals surface area contributed by atoms with Crippen LogP contribution in [0.5, 0.6) is 28.7 Å². The lowest BCUT2D eigenvalue weighted by atomic mass is 9.95. The summed E-state index contributed by atoms with van der Waals surface area (Å²) in [7, 11) is 13.5. The van der Waals surface area contributed by atoms with Crippen LogP contribution in [0.25, 0.3) is 45.6 Å². The van der Waals surface area contributed by atoms with E-state index in [2.05, 4.69) is 171 Å². The van der Waals surface area contributed by atoms with Crippen LogP contribution in [0, 0.1) is 25.5 Å². The number of methoxy groups -OCH3 is 3. The van der Waals surface area contributed by atoms with Crippen molar-refractivity contribution in [2.75, 3.05) is 147 Å². The molecule has 0 aliphatic heterocycles. The summed E-state index contributed by atoms with van der Waals surface area (Å²) in [6.45, 7) is 43.2. The highest BCUT2D eigenvalue weighted by Crippen LogP contribution is 2.42. The van der Waals surface area contributed by atoms with Crippen LogP contribution in [-0.2, 0) is 33.9 Å². The molecule has 0 fully saturated rings. The number of halogens is 2. The van der Waals surface area contributed by atoms with Crippen molar-refractivity contribution in [3.8, 4) is 74.3 Å². The number of ether oxygens (including phenoxy) is 6. The van der Waals surface area contributed by atoms with E-state index in [1.807, 2.05) is 123 Å². The lowest BCUT2D eigenvalue weighted by Gasteiger charge is -2.19. The second-order valence-electron chi connectivity index (χ2n) is 32.7. The van der Waals surface area contributed by atoms with Gasteiger partial charge in [0.1, 0.15) is 28.7 Å². The van der Waals surface area contributed by atoms with Crippen LogP contribution in [0.3, 0.4) is 0 Å². The van der Waals surface area contributed by atoms with Crippen LogP contribution < -0.4 is 14.2 Å². The highest BCUT2D eigenvalue weighted by molar-refractivity contribution is 7.99. The van der Waals surface area contributed by atoms with Gasteiger partial charge in [-0.15, -0.1) is 54.6 Å². The minimum atomic E-state index is -3.63. The van der Waals surface area contributed by atoms with E-state index < -0.39 is 19.7 Å². The summed E-state index contributed by atoms with van der Waals surface area (Å²) in [6.07, 6.45) is 3.22. The first-order chi connectivity index (χ1) is 55.3. The second-order valence-corrected chi connectivity index (χ2v) is 38.6. The van der Waals surface area contributed by atoms with Gasteiger partial charge in [-0.2, -0.15) is 5.10 Å². The molecule has 0 bridgehead atoms. The molecular weight excluding hydrogens is 1640 g/mol. The molecule has 3 N–H and O–H groups in total. The zero-order valence-corrected chi connectivity index (χ0v) is 81.3. The zero-order valence-electron chi connectivity index (χ0n) is 76.4. The first-order valence-corrected chi connectivity index (χ1v) is 45.7. The van der Waals surface area contributed by atoms with Gasteiger partial charge < -0.3 is 58.2 Å². The number of hydrogen-bond acceptors (Lipinski definition) is 25. The first kappa shape index (κ1) is 106. The molecule has 0 unspecified atom stereocenters. The van der Waals surface area contributed by atoms with Crippen LogP contribution in [0.4, 0.5) is 0 Å². The molecule has 28 nitrogen and oxygen atoms in total. The van der Waals surface area contributed by atoms with E-state index in [4.69, 9.17) is 52.2 Å². The third kappa shape index (κ3) is 31.2. The predicted molar refractivity (Wildman–Crippen MR) is 488 cm³/mol. The monoisotopic (exact) mass is 1770 g/mol. The first-order valence-electron chi connectivity index (χ1n) is 40.4. The van der Waals surface area contributed by atoms with Gasteiger partial charge >= 0.3 is 0 Å². The van der Waals surface area contributed by atoms with Gasteiger partial charge in [-0.05, 0) is 302 Å². The fourth-order valence-electron chi connectivity index (χ4n) is 13.0. The van der Waals surface area contributed by atoms with E-state index in [0.717, 1.165) is 88.1 Å². The SMILES string of the molecule is CC(C)c1cc(-c2nnc(S(=O)(=O)CCCN(C)C)n2C(C)C)c(O)cc1O.CN(C)CCCCl.COCOc1cc(C)c(C(C)C)cc1-c1n[nH]c(=S)n1C(C)C.COCOc1cc(C)c(C(C)C)cc1-c1nnc(S(=O)(=O)CCCN(C)C)n1C(C)C.COCOc1cc(C)c(C(C)C)cc1-c1nnc(SCCCN(C)C)n1C(C)C.Cl. The molecule has 4 aromatic carbocycles. The summed E-state index contributed by atoms with van der Waals surface area (Å²) in [6, 6.07) is 15.4. The Morgan fingerprint density at radius 3 is 1.10 bits per heavy atom. The maximum Gasteiger partial charge on any atom is 0.250 e. The third-order valence-corrected chi connectivity index (χ3v) is 23.7. The number of phenols is 2. The fourth-order valence-corrected chi connectivity index (χ4v) is 17.3. The topological polar surface area (TPSA) is 303 Å². The van der Waals surface area contributed by atoms with Gasteiger partial charge in [0.2, 0.25) is 30.0 Å². The van der Waals surface area contributed by atoms with E-state index in [-0.39, 0.29) is 102 Å². The Bertz CT molecular complexity index is 4710. The van der Waals surface area contributed by atoms with E-state index in [0.29, 0.717) is 76.7 Å². The van der Waals surface area contributed by atoms with Gasteiger partial charge in [-0.1, -0.05) is 67.2 Å². The molecule has 4 heterocycles. The van der Waals surface area contributed by atoms with Crippen molar-refractivity contribution in [3.05, 3.63) is 92.2 Å². The van der Waals surface area contributed by atoms with Crippen molar-refractivity contribution in [1.82, 2.24) is 78.7 Å². The number of sulfone groups is 2. The number of aromatic nitrogens is 12. The number of thioether (sulfide) groups is 1. The lowest BCUT2D eigenvalue weighted by molar-refractivity contribution is 0.0512. The Kier molecular flexibility index (Phi) is 45.3. The molecule has 0 aliphatic carbocycles. The number of benzene rings is 4. The highest BCUT2D eigenvalue weighted by atomic mass is 35.5. The quantitative estimate of drug-likeness (QED) is 0.0106. The number of nitrogens with zero attached hydrogens (tertiary/aromatic N) is 15. The van der Waals surface area contributed by atoms with E-state index >= 15 is 0 Å². The predicted octanol–water partition coefficient (Wildman–Crippen LogP) is 17.6. The third-order valence-electron chi connectivity index (χ3n) is 18.8. The average molecular weight is 1780 g/mol. The molecule has 8 aromatic rings. The standard InChI is InChI=1S/C22H36N4O4S.C22H36N4O2S.C19H30N4O4S.C17H25N3O2S.C5H12ClN.ClH/c1-15(2)18-13-19(20(12-17(18)5)30-14-29-8)21-23-24-22(26(21)16(3)4)31(27,28)11-9-10-25(6)7;1-15(2)18-13-19(20(12-17(18)5)28-14-27-8)21-23-24-22(26(21)16(3)4)29-11-9-10-25(6)7;1-12(2)14-10-15(17(25)11-16(14)24)18-20-21-19(23(18)13(3)4)28(26,27)9-7-8-22(5)6;1-10(2)13-8-14(15(7-12(13)5)22-9-21-6)16-18-19-17(23)20(16)11(3)4;1-7(2)5-3-4-6;/h12-13,15-16H,9-11,14H2,1-8H3;12-13,15-16H,9-11,14H2,1-8H3;10-13,24-25H,7-9H2,1-6H3;7-8,10-11H,9H2,1-6H3,(H,19,23);3-5H2,1-2H3;1H. The lowest BCUT2D eigenvalue weighted by Crippen LogP contribution is -2.20. The van der Waals surface area contributed by atoms with E-state index in [9.17, 15) is 27.0 Å². The fraction of sp³-hybridized carbons (Fsp3) is 0.624. The Labute approximate surface area is 731 Å². The number of H-pyrrole nitrogens is 1. The molecule has 0 aliphatic rings. The molecule has 0 spiro atoms. The number of hydrogen-bond donors (Lipinski definition) is 3. The highest BCUT2D eigenvalue weighted by Gasteiger charge is 2.32. The summed E-state index contributed by atoms with van der Waals surface area (Å²) in [4.78, 5) is 8.23. The molecule has 0 amide bonds. The Balaban J connectivity index is 0.000000399. The normalized spacial score (nSPS) is 11.9. The average Bonchev–Trinajstić information content (AvgIpc) is 1.65. The maximum atomic E-state index is 13.1. The maximum absolute atomic E-state index is 13.1. The summed E-state index contributed by atoms with van der Waals surface area (Å²) in [5, 5.41) is 54.2. The number of phenolic OH excluding ortho intramolecular Hbond substituents is 2. The van der Waals surface area contributed by atoms with Gasteiger partial charge in [0.25, 0.3) is 0 Å². The van der Waals surface area contributed by atoms with Crippen LogP contribution in [0.2, 0.25) is 0 Å². The van der Waals surface area contributed by atoms with Crippen molar-refractivity contribution >= 4 is 67.7 Å². The number of nitrogens with one attached hydrogen (secondary N) is 1. The van der Waals surface area contributed by atoms with Crippen molar-refractivity contribution in [2.45, 2.75) is 221 Å². The smallest absolute Gasteiger partial charge is 0.250 e. The van der Waals surface area contributed by atoms with E-state index in [1.54, 1.807) is 43.7 Å². The summed E-state index contributed by atoms with van der Waals surface area (Å²) < 4.78 is 92.7. The number of aromatic amines is 1. The summed E-state index contributed by atoms with van der Waals surface area (Å²) in [5.74, 6) is 7.25. The largest absolute Gasteiger partial charge is 0.508 e. The van der Waals surface area contributed by atoms with Crippen molar-refractivity contribution in [1.29, 1.82) is 0 Å². The molecule has 4 aromatic heterocycles. The van der Waals surface area contributed by atoms with Crippen molar-refractivity contribution < 1.29 is 55.5 Å².